The lowest BCUT2D eigenvalue weighted by molar-refractivity contribution is -0.380. The number of fused-ring (bicyclic) bond motifs is 1. The summed E-state index contributed by atoms with van der Waals surface area (Å²) >= 11 is 1.93. The molecule has 0 saturated heterocycles. The molecule has 0 N–H and O–H groups in total. The molecular formula is C25H24FN5O5S3. The molecule has 204 valence electrons. The van der Waals surface area contributed by atoms with Gasteiger partial charge in [-0.05, 0) is 55.0 Å². The molecule has 0 aliphatic heterocycles. The number of benzene rings is 2. The molecule has 39 heavy (non-hydrogen) atoms. The smallest absolute Gasteiger partial charge is 0.267 e. The number of carbonyl (C=O) groups excluding carboxylic acids is 1. The van der Waals surface area contributed by atoms with Gasteiger partial charge in [0.15, 0.2) is 0 Å². The van der Waals surface area contributed by atoms with E-state index in [4.69, 9.17) is 0 Å². The van der Waals surface area contributed by atoms with Gasteiger partial charge < -0.3 is 0 Å². The van der Waals surface area contributed by atoms with Gasteiger partial charge >= 0.3 is 5.00 Å². The number of anilines is 1. The van der Waals surface area contributed by atoms with E-state index < -0.39 is 26.7 Å². The fourth-order valence-electron chi connectivity index (χ4n) is 3.61. The van der Waals surface area contributed by atoms with E-state index in [0.717, 1.165) is 40.5 Å². The number of rotatable bonds is 11. The zero-order chi connectivity index (χ0) is 28.2. The van der Waals surface area contributed by atoms with Gasteiger partial charge in [-0.25, -0.2) is 17.8 Å². The molecule has 1 amide bonds. The number of thiazole rings is 1. The van der Waals surface area contributed by atoms with E-state index in [0.29, 0.717) is 28.2 Å². The fourth-order valence-corrected chi connectivity index (χ4v) is 6.74. The number of nitrogens with zero attached hydrogens (tertiary/aromatic N) is 5. The molecule has 2 aromatic carbocycles. The van der Waals surface area contributed by atoms with Crippen molar-refractivity contribution in [2.45, 2.75) is 31.6 Å². The molecule has 0 radical (unpaired) electrons. The molecule has 0 aliphatic rings. The van der Waals surface area contributed by atoms with Gasteiger partial charge in [0.2, 0.25) is 15.2 Å². The molecule has 2 heterocycles. The van der Waals surface area contributed by atoms with Crippen molar-refractivity contribution in [1.29, 1.82) is 0 Å². The van der Waals surface area contributed by atoms with Crippen molar-refractivity contribution in [3.8, 4) is 0 Å². The highest BCUT2D eigenvalue weighted by Crippen LogP contribution is 2.31. The third-order valence-corrected chi connectivity index (χ3v) is 9.61. The minimum atomic E-state index is -3.73. The number of carbonyl (C=O) groups is 1. The number of sulfonamides is 1. The first-order valence-corrected chi connectivity index (χ1v) is 15.0. The van der Waals surface area contributed by atoms with Gasteiger partial charge in [0.05, 0.1) is 31.1 Å². The van der Waals surface area contributed by atoms with Crippen LogP contribution in [0.1, 0.15) is 41.9 Å². The Kier molecular flexibility index (Phi) is 8.80. The molecule has 0 bridgehead atoms. The van der Waals surface area contributed by atoms with E-state index in [9.17, 15) is 27.7 Å². The zero-order valence-corrected chi connectivity index (χ0v) is 23.4. The van der Waals surface area contributed by atoms with Crippen molar-refractivity contribution in [1.82, 2.24) is 9.29 Å². The SMILES string of the molecule is CCCCN(CC)S(=O)(=O)c1ccc(C(=O)N(/N=C/c2ccc([N+](=O)[O-])s2)c2nc3ccc(F)cc3s2)cc1. The van der Waals surface area contributed by atoms with Gasteiger partial charge in [-0.1, -0.05) is 42.9 Å². The summed E-state index contributed by atoms with van der Waals surface area (Å²) in [7, 11) is -3.73. The Morgan fingerprint density at radius 2 is 1.87 bits per heavy atom. The van der Waals surface area contributed by atoms with Crippen LogP contribution in [0.25, 0.3) is 10.2 Å². The summed E-state index contributed by atoms with van der Waals surface area (Å²) in [5.74, 6) is -1.07. The number of hydrogen-bond donors (Lipinski definition) is 0. The van der Waals surface area contributed by atoms with Gasteiger partial charge in [-0.2, -0.15) is 14.4 Å². The fraction of sp³-hybridized carbons (Fsp3) is 0.240. The van der Waals surface area contributed by atoms with Crippen LogP contribution >= 0.6 is 22.7 Å². The van der Waals surface area contributed by atoms with E-state index in [1.54, 1.807) is 6.92 Å². The van der Waals surface area contributed by atoms with E-state index >= 15 is 0 Å². The van der Waals surface area contributed by atoms with Crippen molar-refractivity contribution in [2.75, 3.05) is 18.1 Å². The van der Waals surface area contributed by atoms with Crippen LogP contribution in [-0.4, -0.2) is 47.8 Å². The number of amides is 1. The Hall–Kier alpha value is -3.59. The summed E-state index contributed by atoms with van der Waals surface area (Å²) < 4.78 is 41.8. The van der Waals surface area contributed by atoms with Crippen molar-refractivity contribution >= 4 is 65.2 Å². The highest BCUT2D eigenvalue weighted by molar-refractivity contribution is 7.89. The van der Waals surface area contributed by atoms with Crippen LogP contribution in [0.3, 0.4) is 0 Å². The minimum absolute atomic E-state index is 0.0633. The first-order chi connectivity index (χ1) is 18.6. The Morgan fingerprint density at radius 3 is 2.51 bits per heavy atom. The van der Waals surface area contributed by atoms with E-state index in [2.05, 4.69) is 10.1 Å². The second-order valence-electron chi connectivity index (χ2n) is 8.28. The van der Waals surface area contributed by atoms with Gasteiger partial charge in [-0.15, -0.1) is 0 Å². The molecular weight excluding hydrogens is 566 g/mol. The van der Waals surface area contributed by atoms with Crippen LogP contribution in [0.15, 0.2) is 64.6 Å². The first kappa shape index (κ1) is 28.4. The highest BCUT2D eigenvalue weighted by atomic mass is 32.2. The predicted octanol–water partition coefficient (Wildman–Crippen LogP) is 5.90. The monoisotopic (exact) mass is 589 g/mol. The highest BCUT2D eigenvalue weighted by Gasteiger charge is 2.25. The Balaban J connectivity index is 1.68. The second kappa shape index (κ2) is 12.1. The lowest BCUT2D eigenvalue weighted by Gasteiger charge is -2.20. The van der Waals surface area contributed by atoms with Gasteiger partial charge in [0.25, 0.3) is 5.91 Å². The van der Waals surface area contributed by atoms with Gasteiger partial charge in [0, 0.05) is 24.7 Å². The van der Waals surface area contributed by atoms with E-state index in [1.807, 2.05) is 6.92 Å². The molecule has 0 spiro atoms. The van der Waals surface area contributed by atoms with Gasteiger partial charge in [-0.3, -0.25) is 14.9 Å². The molecule has 14 heteroatoms. The van der Waals surface area contributed by atoms with Crippen LogP contribution in [-0.2, 0) is 10.0 Å². The lowest BCUT2D eigenvalue weighted by Crippen LogP contribution is -2.32. The van der Waals surface area contributed by atoms with Crippen LogP contribution in [0, 0.1) is 15.9 Å². The average Bonchev–Trinajstić information content (AvgIpc) is 3.56. The molecule has 2 aromatic heterocycles. The number of thiophene rings is 1. The maximum atomic E-state index is 13.8. The Labute approximate surface area is 232 Å². The first-order valence-electron chi connectivity index (χ1n) is 11.9. The number of hydrogen-bond acceptors (Lipinski definition) is 9. The average molecular weight is 590 g/mol. The standard InChI is InChI=1S/C25H24FN5O5S3/c1-3-5-14-29(4-2)39(35,36)20-10-6-17(7-11-20)24(32)30(27-16-19-9-13-23(37-19)31(33)34)25-28-21-12-8-18(26)15-22(21)38-25/h6-13,15-16H,3-5,14H2,1-2H3/b27-16+. The molecule has 0 aliphatic carbocycles. The molecule has 0 atom stereocenters. The zero-order valence-electron chi connectivity index (χ0n) is 21.0. The normalized spacial score (nSPS) is 12.0. The summed E-state index contributed by atoms with van der Waals surface area (Å²) in [5, 5.41) is 16.4. The molecule has 10 nitrogen and oxygen atoms in total. The number of halogens is 1. The topological polar surface area (TPSA) is 126 Å². The predicted molar refractivity (Wildman–Crippen MR) is 151 cm³/mol. The summed E-state index contributed by atoms with van der Waals surface area (Å²) in [6.07, 6.45) is 2.89. The van der Waals surface area contributed by atoms with E-state index in [-0.39, 0.29) is 20.6 Å². The third-order valence-electron chi connectivity index (χ3n) is 5.66. The molecule has 0 unspecified atom stereocenters. The summed E-state index contributed by atoms with van der Waals surface area (Å²) in [6, 6.07) is 12.4. The minimum Gasteiger partial charge on any atom is -0.267 e. The molecule has 4 aromatic rings. The lowest BCUT2D eigenvalue weighted by atomic mass is 10.2. The maximum absolute atomic E-state index is 13.8. The third kappa shape index (κ3) is 6.36. The Morgan fingerprint density at radius 1 is 1.13 bits per heavy atom. The summed E-state index contributed by atoms with van der Waals surface area (Å²) in [5.41, 5.74) is 0.606. The number of nitro groups is 1. The Bertz CT molecular complexity index is 1630. The van der Waals surface area contributed by atoms with E-state index in [1.165, 1.54) is 65.1 Å². The van der Waals surface area contributed by atoms with Crippen LogP contribution < -0.4 is 5.01 Å². The summed E-state index contributed by atoms with van der Waals surface area (Å²) in [4.78, 5) is 29.0. The van der Waals surface area contributed by atoms with Crippen LogP contribution in [0.4, 0.5) is 14.5 Å². The maximum Gasteiger partial charge on any atom is 0.324 e. The quantitative estimate of drug-likeness (QED) is 0.122. The molecule has 0 fully saturated rings. The van der Waals surface area contributed by atoms with Crippen molar-refractivity contribution < 1.29 is 22.5 Å². The number of hydrazone groups is 1. The van der Waals surface area contributed by atoms with Crippen LogP contribution in [0.5, 0.6) is 0 Å². The van der Waals surface area contributed by atoms with Crippen molar-refractivity contribution in [3.05, 3.63) is 81.0 Å². The second-order valence-corrected chi connectivity index (χ2v) is 12.3. The van der Waals surface area contributed by atoms with Crippen LogP contribution in [0.2, 0.25) is 0 Å². The van der Waals surface area contributed by atoms with Crippen molar-refractivity contribution in [3.63, 3.8) is 0 Å². The largest absolute Gasteiger partial charge is 0.324 e. The van der Waals surface area contributed by atoms with Crippen molar-refractivity contribution in [2.24, 2.45) is 5.10 Å². The number of aromatic nitrogens is 1. The molecule has 0 saturated carbocycles. The molecule has 4 rings (SSSR count). The van der Waals surface area contributed by atoms with Gasteiger partial charge in [0.1, 0.15) is 5.82 Å². The number of unbranched alkanes of at least 4 members (excludes halogenated alkanes) is 1. The summed E-state index contributed by atoms with van der Waals surface area (Å²) in [6.45, 7) is 4.48.